The van der Waals surface area contributed by atoms with Crippen molar-refractivity contribution >= 4 is 44.7 Å². The number of nitrogens with one attached hydrogen (secondary N) is 2. The molecule has 3 heterocycles. The summed E-state index contributed by atoms with van der Waals surface area (Å²) in [5, 5.41) is 6.67. The number of thiophene rings is 1. The van der Waals surface area contributed by atoms with Gasteiger partial charge in [0.15, 0.2) is 0 Å². The highest BCUT2D eigenvalue weighted by molar-refractivity contribution is 7.87. The SMILES string of the molecule is C=CCN1[C@H](C(=O)Nc2ccc(F)c(Cl)c2)C[C@H](c2ccc(-c3cnn(C)c3)s2)NS1(=O)=O. The normalized spacial score (nSPS) is 20.5. The zero-order valence-corrected chi connectivity index (χ0v) is 19.9. The first-order chi connectivity index (χ1) is 15.7. The lowest BCUT2D eigenvalue weighted by atomic mass is 10.0. The number of hydrogen-bond acceptors (Lipinski definition) is 5. The van der Waals surface area contributed by atoms with Gasteiger partial charge in [-0.2, -0.15) is 22.5 Å². The summed E-state index contributed by atoms with van der Waals surface area (Å²) in [5.41, 5.74) is 1.19. The van der Waals surface area contributed by atoms with Crippen molar-refractivity contribution in [1.82, 2.24) is 18.8 Å². The number of carbonyl (C=O) groups excluding carboxylic acids is 1. The molecule has 0 radical (unpaired) electrons. The number of benzene rings is 1. The molecule has 0 aliphatic carbocycles. The number of carbonyl (C=O) groups is 1. The lowest BCUT2D eigenvalue weighted by molar-refractivity contribution is -0.120. The number of hydrogen-bond donors (Lipinski definition) is 2. The van der Waals surface area contributed by atoms with Gasteiger partial charge >= 0.3 is 0 Å². The van der Waals surface area contributed by atoms with Crippen LogP contribution in [0.1, 0.15) is 17.3 Å². The van der Waals surface area contributed by atoms with Crippen LogP contribution >= 0.6 is 22.9 Å². The number of halogens is 2. The fourth-order valence-electron chi connectivity index (χ4n) is 3.61. The topological polar surface area (TPSA) is 96.3 Å². The van der Waals surface area contributed by atoms with E-state index in [4.69, 9.17) is 11.6 Å². The first-order valence-electron chi connectivity index (χ1n) is 9.92. The van der Waals surface area contributed by atoms with E-state index >= 15 is 0 Å². The summed E-state index contributed by atoms with van der Waals surface area (Å²) >= 11 is 7.24. The average molecular weight is 510 g/mol. The van der Waals surface area contributed by atoms with Crippen molar-refractivity contribution in [2.75, 3.05) is 11.9 Å². The molecule has 33 heavy (non-hydrogen) atoms. The monoisotopic (exact) mass is 509 g/mol. The number of amides is 1. The molecular formula is C21H21ClFN5O3S2. The summed E-state index contributed by atoms with van der Waals surface area (Å²) in [5.74, 6) is -1.16. The van der Waals surface area contributed by atoms with Crippen LogP contribution in [0.15, 0.2) is 55.4 Å². The van der Waals surface area contributed by atoms with Gasteiger partial charge in [-0.1, -0.05) is 17.7 Å². The van der Waals surface area contributed by atoms with Gasteiger partial charge in [-0.3, -0.25) is 9.48 Å². The van der Waals surface area contributed by atoms with Crippen LogP contribution in [0.5, 0.6) is 0 Å². The molecule has 4 rings (SSSR count). The Kier molecular flexibility index (Phi) is 6.68. The molecule has 1 aliphatic heterocycles. The van der Waals surface area contributed by atoms with Gasteiger partial charge in [-0.05, 0) is 36.8 Å². The van der Waals surface area contributed by atoms with Crippen LogP contribution in [0.2, 0.25) is 5.02 Å². The van der Waals surface area contributed by atoms with Crippen molar-refractivity contribution in [3.63, 3.8) is 0 Å². The smallest absolute Gasteiger partial charge is 0.281 e. The molecule has 1 aliphatic rings. The Morgan fingerprint density at radius 2 is 2.21 bits per heavy atom. The van der Waals surface area contributed by atoms with E-state index in [-0.39, 0.29) is 23.7 Å². The van der Waals surface area contributed by atoms with E-state index in [2.05, 4.69) is 21.7 Å². The molecule has 1 amide bonds. The van der Waals surface area contributed by atoms with Crippen LogP contribution in [-0.4, -0.2) is 41.0 Å². The molecule has 1 aromatic carbocycles. The maximum Gasteiger partial charge on any atom is 0.281 e. The number of anilines is 1. The van der Waals surface area contributed by atoms with Gasteiger partial charge < -0.3 is 5.32 Å². The fourth-order valence-corrected chi connectivity index (χ4v) is 6.45. The molecule has 0 bridgehead atoms. The quantitative estimate of drug-likeness (QED) is 0.495. The van der Waals surface area contributed by atoms with Crippen molar-refractivity contribution in [3.05, 3.63) is 71.1 Å². The number of nitrogens with zero attached hydrogens (tertiary/aromatic N) is 3. The highest BCUT2D eigenvalue weighted by Gasteiger charge is 2.42. The molecule has 3 aromatic rings. The van der Waals surface area contributed by atoms with Gasteiger partial charge in [0.25, 0.3) is 10.2 Å². The van der Waals surface area contributed by atoms with E-state index in [0.717, 1.165) is 25.7 Å². The molecule has 2 aromatic heterocycles. The summed E-state index contributed by atoms with van der Waals surface area (Å²) < 4.78 is 44.9. The van der Waals surface area contributed by atoms with Gasteiger partial charge in [0.05, 0.1) is 17.3 Å². The number of rotatable bonds is 6. The molecule has 1 saturated heterocycles. The Labute approximate surface area is 199 Å². The van der Waals surface area contributed by atoms with E-state index in [1.807, 2.05) is 25.4 Å². The van der Waals surface area contributed by atoms with Crippen molar-refractivity contribution in [2.24, 2.45) is 7.05 Å². The molecular weight excluding hydrogens is 489 g/mol. The van der Waals surface area contributed by atoms with Crippen molar-refractivity contribution < 1.29 is 17.6 Å². The maximum absolute atomic E-state index is 13.5. The molecule has 0 unspecified atom stereocenters. The predicted molar refractivity (Wildman–Crippen MR) is 127 cm³/mol. The third-order valence-corrected chi connectivity index (χ3v) is 8.31. The minimum absolute atomic E-state index is 0.0459. The summed E-state index contributed by atoms with van der Waals surface area (Å²) in [6.07, 6.45) is 5.22. The van der Waals surface area contributed by atoms with Gasteiger partial charge in [0.1, 0.15) is 11.9 Å². The minimum atomic E-state index is -3.98. The number of aryl methyl sites for hydroxylation is 1. The van der Waals surface area contributed by atoms with Gasteiger partial charge in [-0.15, -0.1) is 17.9 Å². The lowest BCUT2D eigenvalue weighted by Crippen LogP contribution is -2.57. The summed E-state index contributed by atoms with van der Waals surface area (Å²) in [6.45, 7) is 3.56. The van der Waals surface area contributed by atoms with Crippen molar-refractivity contribution in [3.8, 4) is 10.4 Å². The molecule has 12 heteroatoms. The van der Waals surface area contributed by atoms with E-state index in [9.17, 15) is 17.6 Å². The molecule has 1 fully saturated rings. The Morgan fingerprint density at radius 1 is 1.42 bits per heavy atom. The first-order valence-corrected chi connectivity index (χ1v) is 12.6. The minimum Gasteiger partial charge on any atom is -0.325 e. The van der Waals surface area contributed by atoms with Gasteiger partial charge in [-0.25, -0.2) is 4.39 Å². The molecule has 2 atom stereocenters. The second-order valence-corrected chi connectivity index (χ2v) is 10.7. The fraction of sp³-hybridized carbons (Fsp3) is 0.238. The third-order valence-electron chi connectivity index (χ3n) is 5.16. The van der Waals surface area contributed by atoms with Gasteiger partial charge in [0.2, 0.25) is 5.91 Å². The third kappa shape index (κ3) is 5.02. The van der Waals surface area contributed by atoms with Crippen LogP contribution in [0.3, 0.4) is 0 Å². The van der Waals surface area contributed by atoms with Crippen LogP contribution in [0, 0.1) is 5.82 Å². The molecule has 174 valence electrons. The molecule has 0 spiro atoms. The Balaban J connectivity index is 1.61. The van der Waals surface area contributed by atoms with Crippen LogP contribution in [-0.2, 0) is 22.1 Å². The first kappa shape index (κ1) is 23.6. The largest absolute Gasteiger partial charge is 0.325 e. The summed E-state index contributed by atoms with van der Waals surface area (Å²) in [6, 6.07) is 5.91. The second-order valence-electron chi connectivity index (χ2n) is 7.51. The van der Waals surface area contributed by atoms with Crippen LogP contribution in [0.4, 0.5) is 10.1 Å². The Bertz CT molecular complexity index is 1310. The highest BCUT2D eigenvalue weighted by Crippen LogP contribution is 2.36. The summed E-state index contributed by atoms with van der Waals surface area (Å²) in [4.78, 5) is 14.8. The van der Waals surface area contributed by atoms with Crippen molar-refractivity contribution in [2.45, 2.75) is 18.5 Å². The average Bonchev–Trinajstić information content (AvgIpc) is 3.41. The molecule has 2 N–H and O–H groups in total. The molecule has 0 saturated carbocycles. The standard InChI is InChI=1S/C21H21ClFN5O3S2/c1-3-8-28-18(21(29)25-14-4-5-16(23)15(22)9-14)10-17(26-33(28,30)31)20-7-6-19(32-20)13-11-24-27(2)12-13/h3-7,9,11-12,17-18,26H,1,8,10H2,2H3,(H,25,29)/t17-,18+/m1/s1. The van der Waals surface area contributed by atoms with E-state index in [0.29, 0.717) is 0 Å². The summed E-state index contributed by atoms with van der Waals surface area (Å²) in [7, 11) is -2.16. The number of aromatic nitrogens is 2. The van der Waals surface area contributed by atoms with Crippen LogP contribution in [0.25, 0.3) is 10.4 Å². The lowest BCUT2D eigenvalue weighted by Gasteiger charge is -2.37. The Morgan fingerprint density at radius 3 is 2.88 bits per heavy atom. The zero-order valence-electron chi connectivity index (χ0n) is 17.5. The highest BCUT2D eigenvalue weighted by atomic mass is 35.5. The maximum atomic E-state index is 13.5. The predicted octanol–water partition coefficient (Wildman–Crippen LogP) is 3.72. The van der Waals surface area contributed by atoms with E-state index in [1.54, 1.807) is 10.9 Å². The van der Waals surface area contributed by atoms with Crippen molar-refractivity contribution in [1.29, 1.82) is 0 Å². The molecule has 8 nitrogen and oxygen atoms in total. The van der Waals surface area contributed by atoms with E-state index in [1.165, 1.54) is 29.5 Å². The van der Waals surface area contributed by atoms with Crippen LogP contribution < -0.4 is 10.0 Å². The van der Waals surface area contributed by atoms with E-state index < -0.39 is 34.0 Å². The Hall–Kier alpha value is -2.57. The second kappa shape index (κ2) is 9.35. The van der Waals surface area contributed by atoms with Gasteiger partial charge in [0, 0.05) is 40.8 Å². The zero-order chi connectivity index (χ0) is 23.8.